The number of aromatic nitrogens is 1. The first-order valence-corrected chi connectivity index (χ1v) is 9.50. The number of aryl methyl sites for hydroxylation is 2. The molecule has 2 aliphatic rings. The van der Waals surface area contributed by atoms with Crippen LogP contribution in [0.2, 0.25) is 0 Å². The number of hydrogen-bond acceptors (Lipinski definition) is 5. The van der Waals surface area contributed by atoms with Crippen molar-refractivity contribution in [3.05, 3.63) is 17.0 Å². The molecule has 1 unspecified atom stereocenters. The van der Waals surface area contributed by atoms with Gasteiger partial charge < -0.3 is 14.3 Å². The third-order valence-corrected chi connectivity index (χ3v) is 5.87. The summed E-state index contributed by atoms with van der Waals surface area (Å²) in [4.78, 5) is 19.5. The SMILES string of the molecule is Cc1noc(C)c1CN1CCCC2(CCCC(=O)N2CCN(C)C)C1. The number of piperidine rings is 2. The summed E-state index contributed by atoms with van der Waals surface area (Å²) in [7, 11) is 4.15. The molecular formula is C19H32N4O2. The van der Waals surface area contributed by atoms with Gasteiger partial charge in [0, 0.05) is 38.2 Å². The molecule has 1 aromatic heterocycles. The van der Waals surface area contributed by atoms with Crippen LogP contribution in [0.15, 0.2) is 4.52 Å². The quantitative estimate of drug-likeness (QED) is 0.816. The molecule has 1 amide bonds. The van der Waals surface area contributed by atoms with Crippen molar-refractivity contribution in [2.24, 2.45) is 0 Å². The lowest BCUT2D eigenvalue weighted by atomic mass is 9.79. The minimum Gasteiger partial charge on any atom is -0.361 e. The zero-order valence-corrected chi connectivity index (χ0v) is 16.2. The maximum Gasteiger partial charge on any atom is 0.223 e. The summed E-state index contributed by atoms with van der Waals surface area (Å²) in [5.74, 6) is 1.26. The first kappa shape index (κ1) is 18.4. The van der Waals surface area contributed by atoms with E-state index in [1.165, 1.54) is 5.56 Å². The molecule has 1 aromatic rings. The van der Waals surface area contributed by atoms with Gasteiger partial charge in [0.25, 0.3) is 0 Å². The van der Waals surface area contributed by atoms with Crippen molar-refractivity contribution < 1.29 is 9.32 Å². The Kier molecular flexibility index (Phi) is 5.49. The summed E-state index contributed by atoms with van der Waals surface area (Å²) in [5.41, 5.74) is 2.21. The highest BCUT2D eigenvalue weighted by Gasteiger charge is 2.44. The number of hydrogen-bond donors (Lipinski definition) is 0. The van der Waals surface area contributed by atoms with Crippen LogP contribution in [-0.2, 0) is 11.3 Å². The number of carbonyl (C=O) groups excluding carboxylic acids is 1. The topological polar surface area (TPSA) is 52.8 Å². The summed E-state index contributed by atoms with van der Waals surface area (Å²) in [6.07, 6.45) is 5.14. The number of rotatable bonds is 5. The molecule has 0 bridgehead atoms. The fraction of sp³-hybridized carbons (Fsp3) is 0.789. The molecule has 25 heavy (non-hydrogen) atoms. The Bertz CT molecular complexity index is 589. The van der Waals surface area contributed by atoms with E-state index in [4.69, 9.17) is 4.52 Å². The number of likely N-dealkylation sites (N-methyl/N-ethyl adjacent to an activating group) is 1. The summed E-state index contributed by atoms with van der Waals surface area (Å²) in [6.45, 7) is 8.69. The second kappa shape index (κ2) is 7.46. The van der Waals surface area contributed by atoms with E-state index < -0.39 is 0 Å². The first-order valence-electron chi connectivity index (χ1n) is 9.50. The summed E-state index contributed by atoms with van der Waals surface area (Å²) >= 11 is 0. The van der Waals surface area contributed by atoms with Gasteiger partial charge in [0.2, 0.25) is 5.91 Å². The van der Waals surface area contributed by atoms with Crippen LogP contribution in [0.5, 0.6) is 0 Å². The molecular weight excluding hydrogens is 316 g/mol. The van der Waals surface area contributed by atoms with Crippen molar-refractivity contribution >= 4 is 5.91 Å². The van der Waals surface area contributed by atoms with Crippen molar-refractivity contribution in [1.82, 2.24) is 19.9 Å². The predicted octanol–water partition coefficient (Wildman–Crippen LogP) is 2.20. The molecule has 2 saturated heterocycles. The minimum atomic E-state index is 0.0164. The maximum absolute atomic E-state index is 12.7. The molecule has 0 aromatic carbocycles. The van der Waals surface area contributed by atoms with Gasteiger partial charge in [-0.05, 0) is 60.2 Å². The van der Waals surface area contributed by atoms with Gasteiger partial charge in [-0.15, -0.1) is 0 Å². The molecule has 1 atom stereocenters. The summed E-state index contributed by atoms with van der Waals surface area (Å²) in [5, 5.41) is 4.09. The van der Waals surface area contributed by atoms with Gasteiger partial charge in [0.1, 0.15) is 5.76 Å². The third kappa shape index (κ3) is 3.90. The number of likely N-dealkylation sites (tertiary alicyclic amines) is 2. The van der Waals surface area contributed by atoms with Gasteiger partial charge in [0.15, 0.2) is 0 Å². The van der Waals surface area contributed by atoms with Crippen LogP contribution in [0, 0.1) is 13.8 Å². The molecule has 0 radical (unpaired) electrons. The van der Waals surface area contributed by atoms with Crippen molar-refractivity contribution in [3.63, 3.8) is 0 Å². The highest BCUT2D eigenvalue weighted by molar-refractivity contribution is 5.78. The lowest BCUT2D eigenvalue weighted by Crippen LogP contribution is -2.63. The van der Waals surface area contributed by atoms with E-state index >= 15 is 0 Å². The summed E-state index contributed by atoms with van der Waals surface area (Å²) in [6, 6.07) is 0. The largest absolute Gasteiger partial charge is 0.361 e. The van der Waals surface area contributed by atoms with E-state index in [0.29, 0.717) is 12.3 Å². The van der Waals surface area contributed by atoms with E-state index in [9.17, 15) is 4.79 Å². The first-order chi connectivity index (χ1) is 11.9. The normalized spacial score (nSPS) is 25.3. The lowest BCUT2D eigenvalue weighted by Gasteiger charge is -2.52. The highest BCUT2D eigenvalue weighted by Crippen LogP contribution is 2.37. The Morgan fingerprint density at radius 1 is 1.24 bits per heavy atom. The molecule has 3 rings (SSSR count). The molecule has 6 heteroatoms. The van der Waals surface area contributed by atoms with Gasteiger partial charge in [-0.25, -0.2) is 0 Å². The van der Waals surface area contributed by atoms with Crippen LogP contribution in [0.4, 0.5) is 0 Å². The van der Waals surface area contributed by atoms with Gasteiger partial charge in [-0.3, -0.25) is 9.69 Å². The summed E-state index contributed by atoms with van der Waals surface area (Å²) < 4.78 is 5.33. The molecule has 2 aliphatic heterocycles. The third-order valence-electron chi connectivity index (χ3n) is 5.87. The van der Waals surface area contributed by atoms with Crippen LogP contribution in [0.1, 0.15) is 49.1 Å². The van der Waals surface area contributed by atoms with Gasteiger partial charge in [-0.2, -0.15) is 0 Å². The van der Waals surface area contributed by atoms with E-state index in [-0.39, 0.29) is 5.54 Å². The zero-order valence-electron chi connectivity index (χ0n) is 16.2. The Hall–Kier alpha value is -1.40. The molecule has 1 spiro atoms. The van der Waals surface area contributed by atoms with Crippen molar-refractivity contribution in [3.8, 4) is 0 Å². The molecule has 0 saturated carbocycles. The van der Waals surface area contributed by atoms with Crippen molar-refractivity contribution in [1.29, 1.82) is 0 Å². The Morgan fingerprint density at radius 2 is 2.00 bits per heavy atom. The van der Waals surface area contributed by atoms with Gasteiger partial charge in [0.05, 0.1) is 11.2 Å². The van der Waals surface area contributed by atoms with Gasteiger partial charge in [-0.1, -0.05) is 5.16 Å². The number of amides is 1. The molecule has 2 fully saturated rings. The highest BCUT2D eigenvalue weighted by atomic mass is 16.5. The number of carbonyl (C=O) groups is 1. The zero-order chi connectivity index (χ0) is 18.0. The van der Waals surface area contributed by atoms with E-state index in [0.717, 1.165) is 69.9 Å². The molecule has 140 valence electrons. The van der Waals surface area contributed by atoms with Crippen molar-refractivity contribution in [2.45, 2.75) is 58.0 Å². The number of nitrogens with zero attached hydrogens (tertiary/aromatic N) is 4. The predicted molar refractivity (Wildman–Crippen MR) is 97.3 cm³/mol. The fourth-order valence-corrected chi connectivity index (χ4v) is 4.48. The Labute approximate surface area is 151 Å². The average molecular weight is 348 g/mol. The molecule has 3 heterocycles. The molecule has 0 N–H and O–H groups in total. The van der Waals surface area contributed by atoms with E-state index in [1.54, 1.807) is 0 Å². The molecule has 0 aliphatic carbocycles. The van der Waals surface area contributed by atoms with Gasteiger partial charge >= 0.3 is 0 Å². The Balaban J connectivity index is 1.75. The Morgan fingerprint density at radius 3 is 2.68 bits per heavy atom. The maximum atomic E-state index is 12.7. The average Bonchev–Trinajstić information content (AvgIpc) is 2.86. The van der Waals surface area contributed by atoms with E-state index in [1.807, 2.05) is 13.8 Å². The monoisotopic (exact) mass is 348 g/mol. The smallest absolute Gasteiger partial charge is 0.223 e. The fourth-order valence-electron chi connectivity index (χ4n) is 4.48. The van der Waals surface area contributed by atoms with Crippen LogP contribution >= 0.6 is 0 Å². The van der Waals surface area contributed by atoms with Crippen LogP contribution in [0.3, 0.4) is 0 Å². The van der Waals surface area contributed by atoms with Crippen LogP contribution in [-0.4, -0.2) is 71.6 Å². The lowest BCUT2D eigenvalue weighted by molar-refractivity contribution is -0.146. The minimum absolute atomic E-state index is 0.0164. The second-order valence-electron chi connectivity index (χ2n) is 8.04. The molecule has 6 nitrogen and oxygen atoms in total. The van der Waals surface area contributed by atoms with E-state index in [2.05, 4.69) is 34.0 Å². The van der Waals surface area contributed by atoms with Crippen molar-refractivity contribution in [2.75, 3.05) is 40.3 Å². The second-order valence-corrected chi connectivity index (χ2v) is 8.04. The van der Waals surface area contributed by atoms with Crippen LogP contribution < -0.4 is 0 Å². The standard InChI is InChI=1S/C19H32N4O2/c1-15-17(16(2)25-20-15)13-22-10-6-9-19(14-22)8-5-7-18(24)23(19)12-11-21(3)4/h5-14H2,1-4H3. The van der Waals surface area contributed by atoms with Crippen LogP contribution in [0.25, 0.3) is 0 Å².